The SMILES string of the molecule is CCCCC(C(=O)O)N1C(=O)C(C)(C)S1(=O)=O. The number of aliphatic carboxylic acids is 1. The summed E-state index contributed by atoms with van der Waals surface area (Å²) < 4.78 is 22.7. The van der Waals surface area contributed by atoms with Crippen LogP contribution in [0.1, 0.15) is 40.0 Å². The maximum absolute atomic E-state index is 11.8. The molecule has 1 heterocycles. The Morgan fingerprint density at radius 2 is 2.00 bits per heavy atom. The Balaban J connectivity index is 2.99. The van der Waals surface area contributed by atoms with E-state index in [0.29, 0.717) is 10.7 Å². The van der Waals surface area contributed by atoms with Gasteiger partial charge in [-0.05, 0) is 20.3 Å². The van der Waals surface area contributed by atoms with Gasteiger partial charge in [-0.3, -0.25) is 4.79 Å². The monoisotopic (exact) mass is 263 g/mol. The molecule has 1 amide bonds. The molecular weight excluding hydrogens is 246 g/mol. The van der Waals surface area contributed by atoms with E-state index in [9.17, 15) is 18.0 Å². The molecule has 1 atom stereocenters. The van der Waals surface area contributed by atoms with Crippen molar-refractivity contribution in [2.75, 3.05) is 0 Å². The highest BCUT2D eigenvalue weighted by Gasteiger charge is 2.63. The largest absolute Gasteiger partial charge is 0.480 e. The van der Waals surface area contributed by atoms with Gasteiger partial charge < -0.3 is 5.11 Å². The third-order valence-corrected chi connectivity index (χ3v) is 5.42. The fraction of sp³-hybridized carbons (Fsp3) is 0.800. The van der Waals surface area contributed by atoms with Crippen LogP contribution in [-0.2, 0) is 19.6 Å². The highest BCUT2D eigenvalue weighted by molar-refractivity contribution is 7.94. The average molecular weight is 263 g/mol. The van der Waals surface area contributed by atoms with E-state index in [0.717, 1.165) is 6.42 Å². The zero-order valence-corrected chi connectivity index (χ0v) is 11.0. The number of rotatable bonds is 5. The number of carbonyl (C=O) groups is 2. The van der Waals surface area contributed by atoms with E-state index in [2.05, 4.69) is 0 Å². The second-order valence-corrected chi connectivity index (χ2v) is 6.98. The number of amides is 1. The highest BCUT2D eigenvalue weighted by Crippen LogP contribution is 2.37. The fourth-order valence-corrected chi connectivity index (χ4v) is 3.40. The Kier molecular flexibility index (Phi) is 3.52. The van der Waals surface area contributed by atoms with Gasteiger partial charge in [-0.15, -0.1) is 0 Å². The number of unbranched alkanes of at least 4 members (excludes halogenated alkanes) is 1. The van der Waals surface area contributed by atoms with Gasteiger partial charge in [-0.1, -0.05) is 19.8 Å². The van der Waals surface area contributed by atoms with Gasteiger partial charge in [0.1, 0.15) is 6.04 Å². The topological polar surface area (TPSA) is 91.8 Å². The van der Waals surface area contributed by atoms with Crippen LogP contribution in [0.2, 0.25) is 0 Å². The van der Waals surface area contributed by atoms with Crippen molar-refractivity contribution in [1.29, 1.82) is 0 Å². The predicted molar refractivity (Wildman–Crippen MR) is 60.8 cm³/mol. The molecule has 1 aliphatic rings. The number of sulfonamides is 1. The van der Waals surface area contributed by atoms with Crippen LogP contribution in [-0.4, -0.2) is 40.5 Å². The number of carbonyl (C=O) groups excluding carboxylic acids is 1. The molecule has 1 unspecified atom stereocenters. The Hall–Kier alpha value is -1.11. The summed E-state index contributed by atoms with van der Waals surface area (Å²) in [5.74, 6) is -1.91. The van der Waals surface area contributed by atoms with E-state index >= 15 is 0 Å². The quantitative estimate of drug-likeness (QED) is 0.783. The molecule has 0 radical (unpaired) electrons. The van der Waals surface area contributed by atoms with Crippen LogP contribution in [0.25, 0.3) is 0 Å². The minimum atomic E-state index is -3.82. The molecule has 0 aromatic carbocycles. The van der Waals surface area contributed by atoms with E-state index in [1.165, 1.54) is 13.8 Å². The summed E-state index contributed by atoms with van der Waals surface area (Å²) in [4.78, 5) is 22.7. The van der Waals surface area contributed by atoms with Gasteiger partial charge in [0.25, 0.3) is 15.9 Å². The van der Waals surface area contributed by atoms with Gasteiger partial charge in [0.2, 0.25) is 0 Å². The first-order chi connectivity index (χ1) is 7.67. The van der Waals surface area contributed by atoms with E-state index < -0.39 is 32.7 Å². The number of nitrogens with zero attached hydrogens (tertiary/aromatic N) is 1. The molecule has 1 N–H and O–H groups in total. The third-order valence-electron chi connectivity index (χ3n) is 3.02. The average Bonchev–Trinajstić information content (AvgIpc) is 2.22. The molecule has 0 spiro atoms. The standard InChI is InChI=1S/C10H17NO5S/c1-4-5-6-7(8(12)13)11-9(14)10(2,3)17(11,15)16/h7H,4-6H2,1-3H3,(H,12,13). The summed E-state index contributed by atoms with van der Waals surface area (Å²) in [6, 6.07) is -1.26. The zero-order chi connectivity index (χ0) is 13.4. The first-order valence-corrected chi connectivity index (χ1v) is 6.93. The van der Waals surface area contributed by atoms with Crippen molar-refractivity contribution in [2.24, 2.45) is 0 Å². The molecule has 98 valence electrons. The fourth-order valence-electron chi connectivity index (χ4n) is 1.74. The van der Waals surface area contributed by atoms with Crippen molar-refractivity contribution in [2.45, 2.75) is 50.8 Å². The van der Waals surface area contributed by atoms with Crippen LogP contribution in [0.15, 0.2) is 0 Å². The lowest BCUT2D eigenvalue weighted by molar-refractivity contribution is -0.149. The second-order valence-electron chi connectivity index (χ2n) is 4.61. The van der Waals surface area contributed by atoms with Crippen LogP contribution in [0, 0.1) is 0 Å². The lowest BCUT2D eigenvalue weighted by Crippen LogP contribution is -2.71. The van der Waals surface area contributed by atoms with Crippen molar-refractivity contribution in [3.63, 3.8) is 0 Å². The maximum atomic E-state index is 11.8. The van der Waals surface area contributed by atoms with Crippen LogP contribution in [0.5, 0.6) is 0 Å². The smallest absolute Gasteiger partial charge is 0.327 e. The normalized spacial score (nSPS) is 23.0. The number of carboxylic acid groups (broad SMARTS) is 1. The Bertz CT molecular complexity index is 440. The first kappa shape index (κ1) is 14.0. The molecule has 0 aliphatic carbocycles. The number of hydrogen-bond acceptors (Lipinski definition) is 4. The minimum Gasteiger partial charge on any atom is -0.480 e. The third kappa shape index (κ3) is 1.92. The van der Waals surface area contributed by atoms with Crippen molar-refractivity contribution in [1.82, 2.24) is 4.31 Å². The molecule has 1 saturated heterocycles. The molecule has 0 aromatic rings. The Labute approximate surface area is 101 Å². The van der Waals surface area contributed by atoms with E-state index in [-0.39, 0.29) is 6.42 Å². The summed E-state index contributed by atoms with van der Waals surface area (Å²) in [6.07, 6.45) is 1.47. The number of carboxylic acids is 1. The molecule has 0 bridgehead atoms. The molecule has 17 heavy (non-hydrogen) atoms. The number of hydrogen-bond donors (Lipinski definition) is 1. The van der Waals surface area contributed by atoms with Crippen molar-refractivity contribution in [3.05, 3.63) is 0 Å². The molecule has 6 nitrogen and oxygen atoms in total. The van der Waals surface area contributed by atoms with Crippen LogP contribution < -0.4 is 0 Å². The predicted octanol–water partition coefficient (Wildman–Crippen LogP) is 0.580. The molecule has 1 rings (SSSR count). The van der Waals surface area contributed by atoms with Gasteiger partial charge in [-0.2, -0.15) is 0 Å². The Morgan fingerprint density at radius 3 is 2.35 bits per heavy atom. The summed E-state index contributed by atoms with van der Waals surface area (Å²) >= 11 is 0. The van der Waals surface area contributed by atoms with Crippen LogP contribution in [0.3, 0.4) is 0 Å². The Morgan fingerprint density at radius 1 is 1.47 bits per heavy atom. The molecule has 1 aliphatic heterocycles. The van der Waals surface area contributed by atoms with E-state index in [4.69, 9.17) is 5.11 Å². The molecule has 0 saturated carbocycles. The summed E-state index contributed by atoms with van der Waals surface area (Å²) in [5.41, 5.74) is 0. The lowest BCUT2D eigenvalue weighted by Gasteiger charge is -2.45. The van der Waals surface area contributed by atoms with Gasteiger partial charge in [0.05, 0.1) is 0 Å². The molecular formula is C10H17NO5S. The van der Waals surface area contributed by atoms with Gasteiger partial charge in [-0.25, -0.2) is 17.5 Å². The van der Waals surface area contributed by atoms with Crippen molar-refractivity contribution < 1.29 is 23.1 Å². The lowest BCUT2D eigenvalue weighted by atomic mass is 10.1. The molecule has 7 heteroatoms. The van der Waals surface area contributed by atoms with Gasteiger partial charge in [0, 0.05) is 0 Å². The first-order valence-electron chi connectivity index (χ1n) is 5.49. The minimum absolute atomic E-state index is 0.160. The second kappa shape index (κ2) is 4.29. The van der Waals surface area contributed by atoms with E-state index in [1.807, 2.05) is 6.92 Å². The van der Waals surface area contributed by atoms with Crippen LogP contribution >= 0.6 is 0 Å². The van der Waals surface area contributed by atoms with E-state index in [1.54, 1.807) is 0 Å². The highest BCUT2D eigenvalue weighted by atomic mass is 32.2. The zero-order valence-electron chi connectivity index (χ0n) is 10.1. The van der Waals surface area contributed by atoms with Gasteiger partial charge >= 0.3 is 5.97 Å². The van der Waals surface area contributed by atoms with Crippen molar-refractivity contribution >= 4 is 21.9 Å². The summed E-state index contributed by atoms with van der Waals surface area (Å²) in [7, 11) is -3.82. The molecule has 1 fully saturated rings. The summed E-state index contributed by atoms with van der Waals surface area (Å²) in [5, 5.41) is 9.00. The molecule has 0 aromatic heterocycles. The maximum Gasteiger partial charge on any atom is 0.327 e. The van der Waals surface area contributed by atoms with Crippen molar-refractivity contribution in [3.8, 4) is 0 Å². The van der Waals surface area contributed by atoms with Gasteiger partial charge in [0.15, 0.2) is 4.75 Å². The van der Waals surface area contributed by atoms with Crippen LogP contribution in [0.4, 0.5) is 0 Å². The summed E-state index contributed by atoms with van der Waals surface area (Å²) in [6.45, 7) is 4.45.